The molecule has 0 fully saturated rings. The molecule has 2 N–H and O–H groups in total. The summed E-state index contributed by atoms with van der Waals surface area (Å²) < 4.78 is 1.000. The number of rotatable bonds is 8. The molecule has 0 aliphatic heterocycles. The fourth-order valence-corrected chi connectivity index (χ4v) is 3.98. The van der Waals surface area contributed by atoms with Gasteiger partial charge in [0.25, 0.3) is 0 Å². The molecular formula is C20H30BBrO4S2. The zero-order chi connectivity index (χ0) is 21.5. The first-order chi connectivity index (χ1) is 13.2. The fourth-order valence-electron chi connectivity index (χ4n) is 1.90. The highest BCUT2D eigenvalue weighted by atomic mass is 79.9. The van der Waals surface area contributed by atoms with Gasteiger partial charge in [-0.15, -0.1) is 22.7 Å². The molecule has 0 bridgehead atoms. The maximum atomic E-state index is 10.4. The summed E-state index contributed by atoms with van der Waals surface area (Å²) in [5, 5.41) is 16.7. The highest BCUT2D eigenvalue weighted by molar-refractivity contribution is 9.11. The van der Waals surface area contributed by atoms with E-state index < -0.39 is 7.12 Å². The van der Waals surface area contributed by atoms with E-state index in [1.807, 2.05) is 12.1 Å². The largest absolute Gasteiger partial charge is 0.451 e. The molecule has 156 valence electrons. The normalized spacial score (nSPS) is 10.0. The first-order valence-corrected chi connectivity index (χ1v) is 11.7. The van der Waals surface area contributed by atoms with Crippen LogP contribution in [-0.4, -0.2) is 29.7 Å². The second kappa shape index (κ2) is 16.1. The summed E-state index contributed by atoms with van der Waals surface area (Å²) >= 11 is 6.28. The lowest BCUT2D eigenvalue weighted by Gasteiger charge is -2.00. The van der Waals surface area contributed by atoms with Gasteiger partial charge in [0.15, 0.2) is 12.6 Å². The Hall–Kier alpha value is -0.795. The minimum Gasteiger partial charge on any atom is -0.427 e. The minimum atomic E-state index is -1.11. The van der Waals surface area contributed by atoms with Gasteiger partial charge in [0.2, 0.25) is 0 Å². The molecule has 0 aliphatic carbocycles. The van der Waals surface area contributed by atoms with Gasteiger partial charge in [-0.25, -0.2) is 0 Å². The van der Waals surface area contributed by atoms with Gasteiger partial charge in [-0.1, -0.05) is 34.1 Å². The molecule has 2 aromatic heterocycles. The molecule has 0 aromatic carbocycles. The zero-order valence-corrected chi connectivity index (χ0v) is 20.1. The Kier molecular flexibility index (Phi) is 15.6. The first-order valence-electron chi connectivity index (χ1n) is 9.28. The Morgan fingerprint density at radius 1 is 0.929 bits per heavy atom. The van der Waals surface area contributed by atoms with Crippen LogP contribution in [0.4, 0.5) is 0 Å². The van der Waals surface area contributed by atoms with Crippen molar-refractivity contribution in [3.05, 3.63) is 42.7 Å². The average Bonchev–Trinajstić information content (AvgIpc) is 3.27. The molecular weight excluding hydrogens is 459 g/mol. The van der Waals surface area contributed by atoms with E-state index in [4.69, 9.17) is 10.0 Å². The minimum absolute atomic E-state index is 0.498. The van der Waals surface area contributed by atoms with Crippen LogP contribution in [-0.2, 0) is 6.42 Å². The third kappa shape index (κ3) is 15.2. The predicted molar refractivity (Wildman–Crippen MR) is 125 cm³/mol. The topological polar surface area (TPSA) is 74.6 Å². The number of aryl methyl sites for hydroxylation is 1. The summed E-state index contributed by atoms with van der Waals surface area (Å²) in [6.07, 6.45) is 5.46. The molecule has 8 heteroatoms. The molecule has 4 nitrogen and oxygen atoms in total. The Morgan fingerprint density at radius 3 is 1.79 bits per heavy atom. The van der Waals surface area contributed by atoms with Crippen LogP contribution in [0.15, 0.2) is 28.1 Å². The summed E-state index contributed by atoms with van der Waals surface area (Å²) in [6, 6.07) is 7.58. The molecule has 0 atom stereocenters. The van der Waals surface area contributed by atoms with Crippen LogP contribution in [0.2, 0.25) is 6.32 Å². The monoisotopic (exact) mass is 488 g/mol. The van der Waals surface area contributed by atoms with Crippen molar-refractivity contribution in [2.75, 3.05) is 0 Å². The number of carbonyl (C=O) groups is 2. The molecule has 0 aliphatic rings. The van der Waals surface area contributed by atoms with Crippen LogP contribution in [0.1, 0.15) is 64.8 Å². The van der Waals surface area contributed by atoms with E-state index in [9.17, 15) is 9.59 Å². The van der Waals surface area contributed by atoms with Crippen LogP contribution in [0.5, 0.6) is 0 Å². The summed E-state index contributed by atoms with van der Waals surface area (Å²) in [6.45, 7) is 8.55. The van der Waals surface area contributed by atoms with Crippen LogP contribution in [0.25, 0.3) is 0 Å². The van der Waals surface area contributed by atoms with Gasteiger partial charge in [0.1, 0.15) is 0 Å². The van der Waals surface area contributed by atoms with E-state index in [2.05, 4.69) is 49.7 Å². The van der Waals surface area contributed by atoms with Crippen LogP contribution < -0.4 is 0 Å². The molecule has 0 saturated heterocycles. The molecule has 0 amide bonds. The maximum absolute atomic E-state index is 10.4. The lowest BCUT2D eigenvalue weighted by molar-refractivity contribution is 0.111. The van der Waals surface area contributed by atoms with E-state index in [1.54, 1.807) is 17.4 Å². The van der Waals surface area contributed by atoms with Gasteiger partial charge >= 0.3 is 7.12 Å². The van der Waals surface area contributed by atoms with Crippen molar-refractivity contribution in [3.8, 4) is 0 Å². The molecule has 28 heavy (non-hydrogen) atoms. The van der Waals surface area contributed by atoms with E-state index >= 15 is 0 Å². The average molecular weight is 489 g/mol. The molecule has 2 rings (SSSR count). The van der Waals surface area contributed by atoms with E-state index in [1.165, 1.54) is 22.6 Å². The maximum Gasteiger partial charge on any atom is 0.451 e. The second-order valence-electron chi connectivity index (χ2n) is 7.07. The Bertz CT molecular complexity index is 661. The Balaban J connectivity index is 0.000000405. The van der Waals surface area contributed by atoms with Gasteiger partial charge in [-0.3, -0.25) is 9.59 Å². The smallest absolute Gasteiger partial charge is 0.427 e. The number of aldehydes is 2. The van der Waals surface area contributed by atoms with Crippen molar-refractivity contribution in [3.63, 3.8) is 0 Å². The summed E-state index contributed by atoms with van der Waals surface area (Å²) in [4.78, 5) is 23.3. The van der Waals surface area contributed by atoms with Crippen LogP contribution in [0.3, 0.4) is 0 Å². The van der Waals surface area contributed by atoms with Gasteiger partial charge in [-0.05, 0) is 71.2 Å². The third-order valence-electron chi connectivity index (χ3n) is 3.48. The van der Waals surface area contributed by atoms with Crippen molar-refractivity contribution in [2.45, 2.75) is 53.3 Å². The van der Waals surface area contributed by atoms with Gasteiger partial charge < -0.3 is 10.0 Å². The number of halogens is 1. The summed E-state index contributed by atoms with van der Waals surface area (Å²) in [5.41, 5.74) is 0. The number of hydrogen-bond donors (Lipinski definition) is 2. The second-order valence-corrected chi connectivity index (χ2v) is 10.8. The first kappa shape index (κ1) is 27.2. The lowest BCUT2D eigenvalue weighted by Crippen LogP contribution is -2.10. The SMILES string of the molecule is CC(C)CCB(O)O.CC(C)CCc1ccc(C=O)s1.O=Cc1ccc(Br)s1. The van der Waals surface area contributed by atoms with E-state index in [0.29, 0.717) is 12.2 Å². The molecule has 0 radical (unpaired) electrons. The van der Waals surface area contributed by atoms with Crippen molar-refractivity contribution in [2.24, 2.45) is 11.8 Å². The Morgan fingerprint density at radius 2 is 1.46 bits per heavy atom. The fraction of sp³-hybridized carbons (Fsp3) is 0.500. The molecule has 0 spiro atoms. The van der Waals surface area contributed by atoms with Gasteiger partial charge in [-0.2, -0.15) is 0 Å². The van der Waals surface area contributed by atoms with Crippen LogP contribution in [0, 0.1) is 11.8 Å². The summed E-state index contributed by atoms with van der Waals surface area (Å²) in [5.74, 6) is 1.31. The Labute approximate surface area is 185 Å². The van der Waals surface area contributed by atoms with E-state index in [-0.39, 0.29) is 0 Å². The van der Waals surface area contributed by atoms with E-state index in [0.717, 1.165) is 44.9 Å². The van der Waals surface area contributed by atoms with Crippen molar-refractivity contribution in [1.29, 1.82) is 0 Å². The summed E-state index contributed by atoms with van der Waals surface area (Å²) in [7, 11) is -1.11. The number of thiophene rings is 2. The van der Waals surface area contributed by atoms with Crippen molar-refractivity contribution in [1.82, 2.24) is 0 Å². The van der Waals surface area contributed by atoms with Gasteiger partial charge in [0, 0.05) is 4.88 Å². The number of carbonyl (C=O) groups excluding carboxylic acids is 2. The van der Waals surface area contributed by atoms with Crippen LogP contribution >= 0.6 is 38.6 Å². The van der Waals surface area contributed by atoms with Gasteiger partial charge in [0.05, 0.1) is 13.5 Å². The zero-order valence-electron chi connectivity index (χ0n) is 16.9. The standard InChI is InChI=1S/C10H14OS.C5H13BO2.C5H3BrOS/c1-8(2)3-4-9-5-6-10(7-11)12-9;1-5(2)3-4-6(7)8;6-5-2-1-4(3-7)8-5/h5-8H,3-4H2,1-2H3;5,7-8H,3-4H2,1-2H3;1-3H. The molecule has 2 heterocycles. The highest BCUT2D eigenvalue weighted by Crippen LogP contribution is 2.20. The predicted octanol–water partition coefficient (Wildman–Crippen LogP) is 5.98. The highest BCUT2D eigenvalue weighted by Gasteiger charge is 2.06. The molecule has 0 unspecified atom stereocenters. The quantitative estimate of drug-likeness (QED) is 0.354. The molecule has 0 saturated carbocycles. The van der Waals surface area contributed by atoms with Crippen molar-refractivity contribution >= 4 is 58.3 Å². The lowest BCUT2D eigenvalue weighted by atomic mass is 9.82. The molecule has 2 aromatic rings. The third-order valence-corrected chi connectivity index (χ3v) is 6.10. The number of hydrogen-bond acceptors (Lipinski definition) is 6. The van der Waals surface area contributed by atoms with Crippen molar-refractivity contribution < 1.29 is 19.6 Å².